The molecule has 0 fully saturated rings. The van der Waals surface area contributed by atoms with Gasteiger partial charge >= 0.3 is 0 Å². The molecular weight excluding hydrogens is 2030 g/mol. The van der Waals surface area contributed by atoms with E-state index in [4.69, 9.17) is 45.9 Å². The predicted octanol–water partition coefficient (Wildman–Crippen LogP) is 2.24. The minimum atomic E-state index is -5.59. The highest BCUT2D eigenvalue weighted by atomic mass is 32.2. The number of carbonyl (C=O) groups excluding carboxylic acids is 8. The highest BCUT2D eigenvalue weighted by Crippen LogP contribution is 2.43. The Morgan fingerprint density at radius 3 is 0.620 bits per heavy atom. The number of sulfonamides is 4. The second-order valence-electron chi connectivity index (χ2n) is 30.7. The van der Waals surface area contributed by atoms with Crippen molar-refractivity contribution < 1.29 is 124 Å². The lowest BCUT2D eigenvalue weighted by atomic mass is 9.99. The Morgan fingerprint density at radius 2 is 0.437 bits per heavy atom. The van der Waals surface area contributed by atoms with Gasteiger partial charge in [-0.15, -0.1) is 0 Å². The number of nitrogens with two attached hydrogens (primary N) is 8. The lowest BCUT2D eigenvalue weighted by Gasteiger charge is -2.21. The quantitative estimate of drug-likeness (QED) is 0.0243. The zero-order chi connectivity index (χ0) is 105. The van der Waals surface area contributed by atoms with Gasteiger partial charge in [0.2, 0.25) is 123 Å². The number of hydrogen-bond acceptors (Lipinski definition) is 38. The first-order valence-electron chi connectivity index (χ1n) is 41.1. The normalized spacial score (nSPS) is 12.2. The van der Waals surface area contributed by atoms with E-state index in [-0.39, 0.29) is 56.6 Å². The fourth-order valence-electron chi connectivity index (χ4n) is 13.3. The number of carbonyl (C=O) groups is 8. The van der Waals surface area contributed by atoms with E-state index in [0.717, 1.165) is 90.0 Å². The standard InChI is InChI=1S/C80H92N26O28S8/c1-45-35-57(63(139(123,124)125)43-61(45)95-59-17-15-51(41-65(59)141(129,130)131)93-79-99-75(89-47-7-3-11-53(37-47)135(115,116)103(27-19-67(81)107)28-20-68(82)108)97-76(100-79)90-48-8-4-12-54(38-48)136(117,118)104(29-21-69(83)109)30-22-70(84)110)58-36-46(2)62(44-64(58)140(126,127)128)96-60-18-16-52(42-66(60)142(132,133)134)94-80-101-77(91-49-9-5-13-55(39-49)137(119,120)105(31-23-71(85)111)32-24-72(86)112)98-78(102-80)92-50-10-6-14-56(40-50)138(121,122)106(33-25-73(87)113)34-26-74(88)114/h3-18,35-44,95-96H,19-34H2,1-2H3,(H2,81,107)(H2,82,108)(H2,83,109)(H2,84,110)(H2,85,111)(H2,86,112)(H2,87,113)(H2,88,114)(H,123,124,125)(H,126,127,128)(H,129,130,131)(H,132,133,134)(H3,89,90,93,97,99,100)(H3,91,92,94,98,101,102). The van der Waals surface area contributed by atoms with Crippen LogP contribution in [0.1, 0.15) is 62.5 Å². The van der Waals surface area contributed by atoms with Crippen LogP contribution >= 0.6 is 0 Å². The fourth-order valence-corrected chi connectivity index (χ4v) is 22.0. The van der Waals surface area contributed by atoms with Gasteiger partial charge in [0.05, 0.1) is 31.0 Å². The number of nitrogens with one attached hydrogen (secondary N) is 8. The molecule has 0 unspecified atom stereocenters. The van der Waals surface area contributed by atoms with E-state index in [1.165, 1.54) is 86.6 Å². The summed E-state index contributed by atoms with van der Waals surface area (Å²) in [5, 5.41) is 22.0. The third kappa shape index (κ3) is 29.7. The zero-order valence-corrected chi connectivity index (χ0v) is 80.8. The van der Waals surface area contributed by atoms with E-state index in [1.54, 1.807) is 0 Å². The van der Waals surface area contributed by atoms with E-state index in [0.29, 0.717) is 12.1 Å². The third-order valence-corrected chi connectivity index (χ3v) is 31.3. The molecule has 28 N–H and O–H groups in total. The summed E-state index contributed by atoms with van der Waals surface area (Å²) in [6.45, 7) is -1.22. The van der Waals surface area contributed by atoms with Crippen molar-refractivity contribution in [1.82, 2.24) is 47.1 Å². The molecule has 0 bridgehead atoms. The van der Waals surface area contributed by atoms with Crippen LogP contribution in [-0.4, -0.2) is 232 Å². The number of hydrogen-bond donors (Lipinski definition) is 20. The van der Waals surface area contributed by atoms with Gasteiger partial charge in [-0.3, -0.25) is 56.6 Å². The summed E-state index contributed by atoms with van der Waals surface area (Å²) in [6.07, 6.45) is -3.71. The molecule has 2 aromatic heterocycles. The van der Waals surface area contributed by atoms with Crippen molar-refractivity contribution in [3.63, 3.8) is 0 Å². The van der Waals surface area contributed by atoms with Crippen LogP contribution in [0, 0.1) is 13.8 Å². The molecule has 54 nitrogen and oxygen atoms in total. The molecule has 10 rings (SSSR count). The molecule has 2 heterocycles. The van der Waals surface area contributed by atoms with Crippen molar-refractivity contribution in [3.8, 4) is 11.1 Å². The largest absolute Gasteiger partial charge is 0.370 e. The number of amides is 8. The van der Waals surface area contributed by atoms with Crippen molar-refractivity contribution in [3.05, 3.63) is 169 Å². The highest BCUT2D eigenvalue weighted by molar-refractivity contribution is 7.90. The van der Waals surface area contributed by atoms with Crippen LogP contribution in [-0.2, 0) is 119 Å². The van der Waals surface area contributed by atoms with Gasteiger partial charge in [0.15, 0.2) is 0 Å². The molecule has 0 aliphatic rings. The van der Waals surface area contributed by atoms with E-state index >= 15 is 0 Å². The maximum atomic E-state index is 14.1. The van der Waals surface area contributed by atoms with Gasteiger partial charge in [-0.1, -0.05) is 24.3 Å². The Kier molecular flexibility index (Phi) is 34.8. The topological polar surface area (TPSA) is 885 Å². The van der Waals surface area contributed by atoms with Gasteiger partial charge in [-0.25, -0.2) is 33.7 Å². The van der Waals surface area contributed by atoms with Crippen molar-refractivity contribution in [1.29, 1.82) is 0 Å². The summed E-state index contributed by atoms with van der Waals surface area (Å²) in [4.78, 5) is 115. The first-order valence-corrected chi connectivity index (χ1v) is 52.6. The molecule has 8 amide bonds. The van der Waals surface area contributed by atoms with Gasteiger partial charge in [-0.05, 0) is 158 Å². The molecule has 0 atom stereocenters. The van der Waals surface area contributed by atoms with E-state index in [2.05, 4.69) is 72.4 Å². The molecular formula is C80H92N26O28S8. The van der Waals surface area contributed by atoms with E-state index in [9.17, 15) is 124 Å². The van der Waals surface area contributed by atoms with Gasteiger partial charge in [-0.2, -0.15) is 80.8 Å². The molecule has 8 aromatic carbocycles. The zero-order valence-electron chi connectivity index (χ0n) is 74.3. The first kappa shape index (κ1) is 109. The average molecular weight is 2120 g/mol. The highest BCUT2D eigenvalue weighted by Gasteiger charge is 2.34. The molecule has 758 valence electrons. The van der Waals surface area contributed by atoms with Gasteiger partial charge < -0.3 is 88.4 Å². The van der Waals surface area contributed by atoms with Crippen molar-refractivity contribution in [2.45, 2.75) is 104 Å². The molecule has 142 heavy (non-hydrogen) atoms. The Bertz CT molecular complexity index is 6870. The first-order chi connectivity index (χ1) is 66.2. The number of benzene rings is 8. The minimum Gasteiger partial charge on any atom is -0.370 e. The summed E-state index contributed by atoms with van der Waals surface area (Å²) < 4.78 is 268. The van der Waals surface area contributed by atoms with Crippen LogP contribution in [0.2, 0.25) is 0 Å². The Hall–Kier alpha value is -14.8. The summed E-state index contributed by atoms with van der Waals surface area (Å²) in [5.74, 6) is -9.86. The smallest absolute Gasteiger partial charge is 0.296 e. The summed E-state index contributed by atoms with van der Waals surface area (Å²) >= 11 is 0. The van der Waals surface area contributed by atoms with Gasteiger partial charge in [0, 0.05) is 160 Å². The number of primary amides is 8. The lowest BCUT2D eigenvalue weighted by molar-refractivity contribution is -0.119. The van der Waals surface area contributed by atoms with Crippen LogP contribution in [0.4, 0.5) is 92.6 Å². The molecule has 10 aromatic rings. The van der Waals surface area contributed by atoms with Crippen LogP contribution in [0.3, 0.4) is 0 Å². The molecule has 0 saturated heterocycles. The third-order valence-electron chi connectivity index (χ3n) is 20.1. The summed E-state index contributed by atoms with van der Waals surface area (Å²) in [5.41, 5.74) is 38.4. The van der Waals surface area contributed by atoms with Crippen molar-refractivity contribution >= 4 is 220 Å². The minimum absolute atomic E-state index is 0.0663. The van der Waals surface area contributed by atoms with Crippen LogP contribution < -0.4 is 88.4 Å². The number of aryl methyl sites for hydroxylation is 2. The van der Waals surface area contributed by atoms with E-state index in [1.807, 2.05) is 0 Å². The molecule has 0 radical (unpaired) electrons. The van der Waals surface area contributed by atoms with E-state index < -0.39 is 329 Å². The second kappa shape index (κ2) is 45.2. The summed E-state index contributed by atoms with van der Waals surface area (Å²) in [6, 6.07) is 28.9. The number of rotatable bonds is 53. The van der Waals surface area contributed by atoms with Crippen LogP contribution in [0.5, 0.6) is 0 Å². The number of aromatic nitrogens is 6. The monoisotopic (exact) mass is 2120 g/mol. The van der Waals surface area contributed by atoms with Gasteiger partial charge in [0.1, 0.15) is 19.6 Å². The fraction of sp³-hybridized carbons (Fsp3) is 0.225. The maximum absolute atomic E-state index is 14.1. The predicted molar refractivity (Wildman–Crippen MR) is 511 cm³/mol. The Morgan fingerprint density at radius 1 is 0.246 bits per heavy atom. The Balaban J connectivity index is 0.984. The maximum Gasteiger partial charge on any atom is 0.296 e. The molecule has 62 heteroatoms. The molecule has 0 spiro atoms. The van der Waals surface area contributed by atoms with Crippen LogP contribution in [0.15, 0.2) is 197 Å². The second-order valence-corrected chi connectivity index (χ2v) is 44.0. The Labute approximate surface area is 811 Å². The summed E-state index contributed by atoms with van der Waals surface area (Å²) in [7, 11) is -40.3. The lowest BCUT2D eigenvalue weighted by Crippen LogP contribution is -2.36. The molecule has 0 aliphatic carbocycles. The molecule has 0 saturated carbocycles. The van der Waals surface area contributed by atoms with Gasteiger partial charge in [0.25, 0.3) is 40.5 Å². The van der Waals surface area contributed by atoms with Crippen molar-refractivity contribution in [2.24, 2.45) is 45.9 Å². The van der Waals surface area contributed by atoms with Crippen molar-refractivity contribution in [2.75, 3.05) is 94.9 Å². The SMILES string of the molecule is Cc1cc(-c2cc(C)c(Nc3ccc(Nc4nc(Nc5cccc(S(=O)(=O)N(CCC(N)=O)CCC(N)=O)c5)nc(Nc5cccc(S(=O)(=O)N(CCC(N)=O)CCC(N)=O)c5)n4)cc3S(=O)(=O)O)cc2S(=O)(=O)O)c(S(=O)(=O)O)cc1Nc1ccc(Nc2nc(Nc3cccc(S(=O)(=O)N(CCC(N)=O)CCC(N)=O)c3)nc(Nc3cccc(S(=O)(=O)N(CCC(N)=O)CCC(N)=O)c3)n2)cc1S(=O)(=O)O. The van der Waals surface area contributed by atoms with Crippen LogP contribution in [0.25, 0.3) is 11.1 Å². The number of anilines is 16. The molecule has 0 aliphatic heterocycles. The number of nitrogens with zero attached hydrogens (tertiary/aromatic N) is 10. The average Bonchev–Trinajstić information content (AvgIpc) is 0.750.